The van der Waals surface area contributed by atoms with Crippen molar-refractivity contribution in [2.24, 2.45) is 4.99 Å². The minimum Gasteiger partial charge on any atom is -0.379 e. The molecule has 0 spiro atoms. The lowest BCUT2D eigenvalue weighted by Crippen LogP contribution is -2.40. The van der Waals surface area contributed by atoms with Gasteiger partial charge in [-0.05, 0) is 32.6 Å². The van der Waals surface area contributed by atoms with Crippen LogP contribution in [0.5, 0.6) is 0 Å². The third kappa shape index (κ3) is 9.72. The van der Waals surface area contributed by atoms with Crippen molar-refractivity contribution in [3.63, 3.8) is 0 Å². The zero-order valence-electron chi connectivity index (χ0n) is 15.4. The van der Waals surface area contributed by atoms with Gasteiger partial charge in [-0.3, -0.25) is 9.79 Å². The van der Waals surface area contributed by atoms with Crippen LogP contribution in [0.2, 0.25) is 0 Å². The van der Waals surface area contributed by atoms with Crippen LogP contribution in [-0.2, 0) is 14.3 Å². The fourth-order valence-corrected chi connectivity index (χ4v) is 2.34. The third-order valence-electron chi connectivity index (χ3n) is 3.97. The molecule has 2 atom stereocenters. The van der Waals surface area contributed by atoms with Crippen LogP contribution in [-0.4, -0.2) is 64.0 Å². The van der Waals surface area contributed by atoms with Gasteiger partial charge in [0.2, 0.25) is 5.91 Å². The van der Waals surface area contributed by atoms with Crippen molar-refractivity contribution in [2.45, 2.75) is 58.1 Å². The van der Waals surface area contributed by atoms with Crippen LogP contribution in [0.4, 0.5) is 0 Å². The first-order valence-electron chi connectivity index (χ1n) is 9.09. The summed E-state index contributed by atoms with van der Waals surface area (Å²) in [5.41, 5.74) is 0. The largest absolute Gasteiger partial charge is 0.379 e. The quantitative estimate of drug-likeness (QED) is 0.297. The summed E-state index contributed by atoms with van der Waals surface area (Å²) < 4.78 is 11.1. The molecule has 1 rings (SSSR count). The highest BCUT2D eigenvalue weighted by atomic mass is 16.5. The molecule has 0 aromatic heterocycles. The normalized spacial score (nSPS) is 19.1. The van der Waals surface area contributed by atoms with E-state index in [2.05, 4.69) is 27.9 Å². The molecule has 7 nitrogen and oxygen atoms in total. The Morgan fingerprint density at radius 1 is 1.38 bits per heavy atom. The monoisotopic (exact) mass is 342 g/mol. The molecular weight excluding hydrogens is 308 g/mol. The second kappa shape index (κ2) is 13.0. The van der Waals surface area contributed by atoms with Gasteiger partial charge in [-0.1, -0.05) is 6.92 Å². The summed E-state index contributed by atoms with van der Waals surface area (Å²) in [5.74, 6) is 0.778. The number of carbonyl (C=O) groups excluding carboxylic acids is 1. The van der Waals surface area contributed by atoms with E-state index in [1.807, 2.05) is 6.92 Å². The number of carbonyl (C=O) groups is 1. The molecule has 1 amide bonds. The lowest BCUT2D eigenvalue weighted by atomic mass is 10.2. The van der Waals surface area contributed by atoms with Gasteiger partial charge in [-0.15, -0.1) is 0 Å². The van der Waals surface area contributed by atoms with E-state index in [9.17, 15) is 4.79 Å². The van der Waals surface area contributed by atoms with E-state index < -0.39 is 0 Å². The van der Waals surface area contributed by atoms with Gasteiger partial charge in [-0.2, -0.15) is 0 Å². The maximum atomic E-state index is 11.7. The summed E-state index contributed by atoms with van der Waals surface area (Å²) in [7, 11) is 1.72. The topological polar surface area (TPSA) is 84.0 Å². The molecule has 0 saturated carbocycles. The summed E-state index contributed by atoms with van der Waals surface area (Å²) in [5, 5.41) is 9.31. The van der Waals surface area contributed by atoms with E-state index in [1.54, 1.807) is 7.05 Å². The molecule has 0 aromatic rings. The van der Waals surface area contributed by atoms with Crippen molar-refractivity contribution in [2.75, 3.05) is 40.0 Å². The van der Waals surface area contributed by atoms with Gasteiger partial charge in [0.25, 0.3) is 0 Å². The van der Waals surface area contributed by atoms with E-state index in [4.69, 9.17) is 9.47 Å². The first kappa shape index (κ1) is 20.7. The third-order valence-corrected chi connectivity index (χ3v) is 3.97. The van der Waals surface area contributed by atoms with Gasteiger partial charge in [0.05, 0.1) is 12.7 Å². The summed E-state index contributed by atoms with van der Waals surface area (Å²) >= 11 is 0. The smallest absolute Gasteiger partial charge is 0.221 e. The minimum absolute atomic E-state index is 0.0647. The second-order valence-electron chi connectivity index (χ2n) is 6.12. The van der Waals surface area contributed by atoms with Crippen LogP contribution >= 0.6 is 0 Å². The molecule has 140 valence electrons. The van der Waals surface area contributed by atoms with E-state index in [-0.39, 0.29) is 18.1 Å². The van der Waals surface area contributed by atoms with E-state index in [1.165, 1.54) is 0 Å². The average Bonchev–Trinajstić information content (AvgIpc) is 3.09. The molecule has 3 N–H and O–H groups in total. The first-order chi connectivity index (χ1) is 11.7. The van der Waals surface area contributed by atoms with Gasteiger partial charge < -0.3 is 25.4 Å². The minimum atomic E-state index is 0.0647. The number of hydrogen-bond acceptors (Lipinski definition) is 4. The number of rotatable bonds is 11. The molecule has 2 unspecified atom stereocenters. The zero-order valence-corrected chi connectivity index (χ0v) is 15.4. The molecule has 0 aromatic carbocycles. The van der Waals surface area contributed by atoms with E-state index in [0.717, 1.165) is 38.8 Å². The van der Waals surface area contributed by atoms with Crippen LogP contribution in [0, 0.1) is 0 Å². The highest BCUT2D eigenvalue weighted by Gasteiger charge is 2.14. The Labute approximate surface area is 146 Å². The van der Waals surface area contributed by atoms with Crippen LogP contribution in [0.3, 0.4) is 0 Å². The Hall–Kier alpha value is -1.34. The van der Waals surface area contributed by atoms with Gasteiger partial charge in [0.1, 0.15) is 0 Å². The van der Waals surface area contributed by atoms with Crippen molar-refractivity contribution < 1.29 is 14.3 Å². The standard InChI is InChI=1S/C17H34N4O3/c1-4-14(2)21-16(22)8-10-20-17(18-3)19-9-6-11-23-13-15-7-5-12-24-15/h14-15H,4-13H2,1-3H3,(H,21,22)(H2,18,19,20). The number of nitrogens with zero attached hydrogens (tertiary/aromatic N) is 1. The van der Waals surface area contributed by atoms with Gasteiger partial charge in [-0.25, -0.2) is 0 Å². The molecule has 24 heavy (non-hydrogen) atoms. The predicted octanol–water partition coefficient (Wildman–Crippen LogP) is 1.04. The summed E-state index contributed by atoms with van der Waals surface area (Å²) in [6.45, 7) is 7.68. The number of guanidine groups is 1. The molecule has 1 heterocycles. The Morgan fingerprint density at radius 3 is 2.83 bits per heavy atom. The van der Waals surface area contributed by atoms with Crippen molar-refractivity contribution >= 4 is 11.9 Å². The number of amides is 1. The molecular formula is C17H34N4O3. The SMILES string of the molecule is CCC(C)NC(=O)CCNC(=NC)NCCCOCC1CCCO1. The second-order valence-corrected chi connectivity index (χ2v) is 6.12. The molecule has 0 aliphatic carbocycles. The maximum Gasteiger partial charge on any atom is 0.221 e. The van der Waals surface area contributed by atoms with E-state index in [0.29, 0.717) is 32.1 Å². The number of ether oxygens (including phenoxy) is 2. The lowest BCUT2D eigenvalue weighted by molar-refractivity contribution is -0.121. The fraction of sp³-hybridized carbons (Fsp3) is 0.882. The van der Waals surface area contributed by atoms with Crippen LogP contribution < -0.4 is 16.0 Å². The number of hydrogen-bond donors (Lipinski definition) is 3. The molecule has 1 aliphatic rings. The Bertz CT molecular complexity index is 371. The predicted molar refractivity (Wildman–Crippen MR) is 96.3 cm³/mol. The molecule has 1 aliphatic heterocycles. The molecule has 7 heteroatoms. The van der Waals surface area contributed by atoms with Crippen LogP contribution in [0.1, 0.15) is 46.0 Å². The van der Waals surface area contributed by atoms with Crippen LogP contribution in [0.25, 0.3) is 0 Å². The van der Waals surface area contributed by atoms with Gasteiger partial charge in [0, 0.05) is 45.8 Å². The summed E-state index contributed by atoms with van der Waals surface area (Å²) in [6, 6.07) is 0.226. The average molecular weight is 342 g/mol. The number of aliphatic imine (C=N–C) groups is 1. The molecule has 0 bridgehead atoms. The van der Waals surface area contributed by atoms with Crippen LogP contribution in [0.15, 0.2) is 4.99 Å². The lowest BCUT2D eigenvalue weighted by Gasteiger charge is -2.14. The Morgan fingerprint density at radius 2 is 2.17 bits per heavy atom. The fourth-order valence-electron chi connectivity index (χ4n) is 2.34. The first-order valence-corrected chi connectivity index (χ1v) is 9.09. The summed E-state index contributed by atoms with van der Waals surface area (Å²) in [4.78, 5) is 15.8. The summed E-state index contributed by atoms with van der Waals surface area (Å²) in [6.07, 6.45) is 4.83. The Balaban J connectivity index is 1.98. The Kier molecular flexibility index (Phi) is 11.2. The number of nitrogens with one attached hydrogen (secondary N) is 3. The van der Waals surface area contributed by atoms with Crippen molar-refractivity contribution in [1.82, 2.24) is 16.0 Å². The van der Waals surface area contributed by atoms with Crippen molar-refractivity contribution in [1.29, 1.82) is 0 Å². The van der Waals surface area contributed by atoms with E-state index >= 15 is 0 Å². The maximum absolute atomic E-state index is 11.7. The zero-order chi connectivity index (χ0) is 17.6. The highest BCUT2D eigenvalue weighted by molar-refractivity contribution is 5.81. The molecule has 1 fully saturated rings. The van der Waals surface area contributed by atoms with Crippen molar-refractivity contribution in [3.05, 3.63) is 0 Å². The molecule has 0 radical (unpaired) electrons. The van der Waals surface area contributed by atoms with Crippen molar-refractivity contribution in [3.8, 4) is 0 Å². The van der Waals surface area contributed by atoms with Gasteiger partial charge in [0.15, 0.2) is 5.96 Å². The van der Waals surface area contributed by atoms with Gasteiger partial charge >= 0.3 is 0 Å². The highest BCUT2D eigenvalue weighted by Crippen LogP contribution is 2.11. The molecule has 1 saturated heterocycles.